The molecule has 0 spiro atoms. The van der Waals surface area contributed by atoms with Gasteiger partial charge >= 0.3 is 65.9 Å². The molecule has 3 aromatic heterocycles. The first-order valence-corrected chi connectivity index (χ1v) is 27.3. The van der Waals surface area contributed by atoms with Crippen LogP contribution in [-0.2, 0) is 54.3 Å². The number of carbonyl (C=O) groups excluding carboxylic acids is 8. The van der Waals surface area contributed by atoms with E-state index in [1.165, 1.54) is 17.1 Å². The van der Waals surface area contributed by atoms with Crippen molar-refractivity contribution in [3.05, 3.63) is 114 Å². The molecule has 2 N–H and O–H groups in total. The minimum atomic E-state index is -0.639. The normalized spacial score (nSPS) is 13.2. The number of aromatic nitrogens is 3. The Morgan fingerprint density at radius 1 is 0.558 bits per heavy atom. The van der Waals surface area contributed by atoms with Gasteiger partial charge in [-0.2, -0.15) is 0 Å². The second-order valence-electron chi connectivity index (χ2n) is 23.2. The third-order valence-electron chi connectivity index (χ3n) is 11.1. The number of fused-ring (bicyclic) bond motifs is 3. The number of rotatable bonds is 3. The van der Waals surface area contributed by atoms with Crippen LogP contribution in [0.1, 0.15) is 120 Å². The summed E-state index contributed by atoms with van der Waals surface area (Å²) < 4.78 is 28.1. The van der Waals surface area contributed by atoms with Crippen LogP contribution in [0.3, 0.4) is 0 Å². The number of nitrogens with one attached hydrogen (secondary N) is 2. The van der Waals surface area contributed by atoms with E-state index >= 15 is 0 Å². The zero-order valence-electron chi connectivity index (χ0n) is 52.5. The summed E-state index contributed by atoms with van der Waals surface area (Å²) in [6.45, 7) is 39.6. The quantitative estimate of drug-likeness (QED) is 0.0426. The second kappa shape index (κ2) is 34.5. The van der Waals surface area contributed by atoms with E-state index in [1.807, 2.05) is 132 Å². The maximum absolute atomic E-state index is 12.4. The number of carbonyl (C=O) groups is 8. The van der Waals surface area contributed by atoms with Gasteiger partial charge in [-0.15, -0.1) is 0 Å². The van der Waals surface area contributed by atoms with Crippen LogP contribution in [0.4, 0.5) is 24.9 Å². The summed E-state index contributed by atoms with van der Waals surface area (Å²) in [5.41, 5.74) is 3.18. The fraction of sp³-hybridized carbons (Fsp3) is 0.459. The Balaban J connectivity index is 0.000000385. The van der Waals surface area contributed by atoms with Gasteiger partial charge in [0.15, 0.2) is 5.69 Å². The summed E-state index contributed by atoms with van der Waals surface area (Å²) in [4.78, 5) is 108. The Kier molecular flexibility index (Phi) is 29.8. The van der Waals surface area contributed by atoms with Crippen LogP contribution >= 0.6 is 0 Å². The molecule has 2 aliphatic heterocycles. The first kappa shape index (κ1) is 74.4. The largest absolute Gasteiger partial charge is 1.00 e. The maximum atomic E-state index is 12.4. The van der Waals surface area contributed by atoms with Crippen LogP contribution in [0, 0.1) is 6.57 Å². The fourth-order valence-electron chi connectivity index (χ4n) is 7.54. The first-order chi connectivity index (χ1) is 39.6. The van der Waals surface area contributed by atoms with Crippen LogP contribution < -0.4 is 34.9 Å². The number of H-pyrrole nitrogens is 1. The van der Waals surface area contributed by atoms with Crippen LogP contribution in [-0.4, -0.2) is 160 Å². The molecule has 0 atom stereocenters. The number of ether oxygens (including phenoxy) is 4. The molecule has 0 saturated carbocycles. The van der Waals surface area contributed by atoms with Crippen molar-refractivity contribution in [2.45, 2.75) is 133 Å². The number of amides is 2. The van der Waals surface area contributed by atoms with Gasteiger partial charge in [-0.1, -0.05) is 12.1 Å². The number of benzene rings is 3. The van der Waals surface area contributed by atoms with Crippen molar-refractivity contribution in [1.82, 2.24) is 34.1 Å². The van der Waals surface area contributed by atoms with Gasteiger partial charge in [0.05, 0.1) is 17.6 Å². The summed E-state index contributed by atoms with van der Waals surface area (Å²) in [7, 11) is 4.32. The van der Waals surface area contributed by atoms with E-state index in [2.05, 4.69) is 48.6 Å². The van der Waals surface area contributed by atoms with Crippen LogP contribution in [0.15, 0.2) is 91.4 Å². The van der Waals surface area contributed by atoms with Gasteiger partial charge in [-0.3, -0.25) is 23.6 Å². The van der Waals surface area contributed by atoms with Gasteiger partial charge in [0.1, 0.15) is 28.7 Å². The molecule has 5 heterocycles. The van der Waals surface area contributed by atoms with Gasteiger partial charge in [0.2, 0.25) is 5.97 Å². The molecule has 3 radical (unpaired) electrons. The number of hydrogen-bond acceptors (Lipinski definition) is 17. The van der Waals surface area contributed by atoms with Crippen LogP contribution in [0.25, 0.3) is 37.6 Å². The fourth-order valence-corrected chi connectivity index (χ4v) is 7.54. The topological polar surface area (TPSA) is 253 Å². The first-order valence-electron chi connectivity index (χ1n) is 27.3. The second-order valence-corrected chi connectivity index (χ2v) is 23.2. The average Bonchev–Trinajstić information content (AvgIpc) is 2.42. The van der Waals surface area contributed by atoms with Crippen molar-refractivity contribution in [2.24, 2.45) is 0 Å². The van der Waals surface area contributed by atoms with E-state index in [0.29, 0.717) is 24.3 Å². The standard InChI is InChI=1S/C23H33N3O4.C14H15NO3.C9H18N2O2.C9H6N2.C4H6O4.C2H3BO2.Na/c1-22(2,3)29-20(27)25-13-11-24(12-14-25)16-17-7-8-19-18(15-17)9-10-26(19)21(28)30-23(4,5)6;1-14(2,3)18-13(17)15-7-6-11-8-10(9-16)4-5-12(11)15;1-9(2,3)13-8(12)11-6-4-10-5-7-11;1-10-8-2-3-9-7(6-8)4-5-11-9;1-3(5)7-8-4(2)6;1-2(4)5-3;/h7-10,15H,11-14,16H2,1-6H3;4-9H,1-3H3;10H,4-7H2,1-3H3;2-6,11H;1-2H3;1H3;/q;;;;;-1;+1. The van der Waals surface area contributed by atoms with Gasteiger partial charge < -0.3 is 51.8 Å². The van der Waals surface area contributed by atoms with E-state index in [4.69, 9.17) is 25.5 Å². The molecule has 0 unspecified atom stereocenters. The zero-order valence-corrected chi connectivity index (χ0v) is 54.5. The molecule has 0 bridgehead atoms. The Bertz CT molecular complexity index is 3240. The van der Waals surface area contributed by atoms with Crippen molar-refractivity contribution in [1.29, 1.82) is 0 Å². The molecule has 3 aromatic carbocycles. The van der Waals surface area contributed by atoms with E-state index in [0.717, 1.165) is 98.7 Å². The van der Waals surface area contributed by atoms with E-state index < -0.39 is 40.8 Å². The molecule has 459 valence electrons. The summed E-state index contributed by atoms with van der Waals surface area (Å²) in [5.74, 6) is -1.74. The molecule has 2 amide bonds. The minimum Gasteiger partial charge on any atom is -0.793 e. The Labute approximate surface area is 526 Å². The Morgan fingerprint density at radius 2 is 1.00 bits per heavy atom. The smallest absolute Gasteiger partial charge is 0.793 e. The minimum absolute atomic E-state index is 0. The average molecular weight is 1200 g/mol. The molecule has 6 aromatic rings. The molecular weight excluding hydrogens is 1120 g/mol. The summed E-state index contributed by atoms with van der Waals surface area (Å²) in [5, 5.41) is 6.12. The van der Waals surface area contributed by atoms with E-state index in [-0.39, 0.29) is 53.4 Å². The molecule has 25 heteroatoms. The molecule has 8 rings (SSSR count). The van der Waals surface area contributed by atoms with Crippen LogP contribution in [0.5, 0.6) is 0 Å². The number of hydrogen-bond donors (Lipinski definition) is 2. The third-order valence-corrected chi connectivity index (χ3v) is 11.1. The van der Waals surface area contributed by atoms with E-state index in [9.17, 15) is 38.4 Å². The molecular formula is C61H81BN8NaO15. The zero-order chi connectivity index (χ0) is 63.9. The van der Waals surface area contributed by atoms with Crippen molar-refractivity contribution in [3.63, 3.8) is 0 Å². The molecule has 23 nitrogen and oxygen atoms in total. The predicted molar refractivity (Wildman–Crippen MR) is 322 cm³/mol. The summed E-state index contributed by atoms with van der Waals surface area (Å²) >= 11 is 0. The SMILES string of the molecule is CC(=O)OOC(C)=O.CC(C)(C)OC(=O)N1CCN(Cc2ccc3c(ccn3C(=O)OC(C)(C)C)c2)CC1.CC(C)(C)OC(=O)N1CCNCC1.CC(C)(C)OC(=O)n1ccc2cc(C=O)ccc21.[B-]OC(C)=O.[C-]#[N+]c1ccc2[nH]ccc2c1.[Na+]. The molecule has 2 saturated heterocycles. The summed E-state index contributed by atoms with van der Waals surface area (Å²) in [6, 6.07) is 22.6. The number of nitrogens with zero attached hydrogens (tertiary/aromatic N) is 6. The predicted octanol–water partition coefficient (Wildman–Crippen LogP) is 7.92. The Morgan fingerprint density at radius 3 is 1.43 bits per heavy atom. The third kappa shape index (κ3) is 28.0. The number of aldehydes is 1. The van der Waals surface area contributed by atoms with Gasteiger partial charge in [-0.25, -0.2) is 43.4 Å². The summed E-state index contributed by atoms with van der Waals surface area (Å²) in [6.07, 6.45) is 4.82. The van der Waals surface area contributed by atoms with Crippen molar-refractivity contribution in [2.75, 3.05) is 52.4 Å². The Hall–Kier alpha value is -7.69. The van der Waals surface area contributed by atoms with Gasteiger partial charge in [-0.05, 0) is 155 Å². The number of piperazine rings is 2. The molecule has 2 fully saturated rings. The monoisotopic (exact) mass is 1200 g/mol. The molecule has 86 heavy (non-hydrogen) atoms. The van der Waals surface area contributed by atoms with E-state index in [1.54, 1.807) is 51.0 Å². The molecule has 2 aliphatic rings. The molecule has 0 aliphatic carbocycles. The van der Waals surface area contributed by atoms with Crippen molar-refractivity contribution < 1.29 is 101 Å². The van der Waals surface area contributed by atoms with Gasteiger partial charge in [0.25, 0.3) is 0 Å². The van der Waals surface area contributed by atoms with Gasteiger partial charge in [0, 0.05) is 120 Å². The van der Waals surface area contributed by atoms with Crippen LogP contribution in [0.2, 0.25) is 0 Å². The van der Waals surface area contributed by atoms with Crippen molar-refractivity contribution in [3.8, 4) is 0 Å². The maximum Gasteiger partial charge on any atom is 1.00 e. The number of aromatic amines is 1. The van der Waals surface area contributed by atoms with Crippen molar-refractivity contribution >= 4 is 95.0 Å².